The van der Waals surface area contributed by atoms with Gasteiger partial charge in [-0.1, -0.05) is 54.6 Å². The second-order valence-corrected chi connectivity index (χ2v) is 9.41. The number of hydrogen-bond donors (Lipinski definition) is 0. The topological polar surface area (TPSA) is 59.1 Å². The third-order valence-corrected chi connectivity index (χ3v) is 6.73. The van der Waals surface area contributed by atoms with Crippen LogP contribution in [0.15, 0.2) is 84.9 Å². The fourth-order valence-electron chi connectivity index (χ4n) is 4.51. The number of esters is 1. The fraction of sp³-hybridized carbons (Fsp3) is 0.290. The number of morpholine rings is 1. The van der Waals surface area contributed by atoms with Crippen LogP contribution < -0.4 is 4.90 Å². The molecule has 0 radical (unpaired) electrons. The van der Waals surface area contributed by atoms with E-state index in [1.54, 1.807) is 0 Å². The number of amides is 1. The van der Waals surface area contributed by atoms with E-state index < -0.39 is 29.7 Å². The normalized spacial score (nSPS) is 14.7. The summed E-state index contributed by atoms with van der Waals surface area (Å²) in [6.45, 7) is 3.04. The van der Waals surface area contributed by atoms with Crippen molar-refractivity contribution in [3.05, 3.63) is 107 Å². The quantitative estimate of drug-likeness (QED) is 0.264. The van der Waals surface area contributed by atoms with Gasteiger partial charge in [-0.05, 0) is 47.0 Å². The first-order chi connectivity index (χ1) is 19.2. The van der Waals surface area contributed by atoms with E-state index in [1.165, 1.54) is 36.3 Å². The van der Waals surface area contributed by atoms with E-state index >= 15 is 0 Å². The molecule has 1 aliphatic heterocycles. The molecule has 40 heavy (non-hydrogen) atoms. The number of alkyl halides is 3. The summed E-state index contributed by atoms with van der Waals surface area (Å²) in [6, 6.07) is 20.7. The molecule has 1 amide bonds. The molecule has 210 valence electrons. The molecule has 9 heteroatoms. The van der Waals surface area contributed by atoms with Crippen LogP contribution in [0, 0.1) is 0 Å². The van der Waals surface area contributed by atoms with Gasteiger partial charge in [-0.2, -0.15) is 13.2 Å². The van der Waals surface area contributed by atoms with Crippen molar-refractivity contribution in [3.8, 4) is 0 Å². The van der Waals surface area contributed by atoms with Crippen LogP contribution in [0.1, 0.15) is 22.3 Å². The molecule has 0 N–H and O–H groups in total. The number of benzene rings is 3. The SMILES string of the molecule is COC(=O)C(Cc1ccccc1)N(Cc1ccc(N2CCOCC2)cc1)C(=O)C=Cc1ccc(C(F)(F)F)cc1. The Labute approximate surface area is 231 Å². The molecule has 3 aromatic carbocycles. The van der Waals surface area contributed by atoms with E-state index in [1.807, 2.05) is 54.6 Å². The van der Waals surface area contributed by atoms with Gasteiger partial charge in [-0.3, -0.25) is 4.79 Å². The Morgan fingerprint density at radius 2 is 1.60 bits per heavy atom. The van der Waals surface area contributed by atoms with Crippen LogP contribution in [0.5, 0.6) is 0 Å². The molecule has 4 rings (SSSR count). The maximum atomic E-state index is 13.5. The number of anilines is 1. The van der Waals surface area contributed by atoms with Crippen LogP contribution in [0.3, 0.4) is 0 Å². The minimum atomic E-state index is -4.45. The van der Waals surface area contributed by atoms with Crippen molar-refractivity contribution in [2.45, 2.75) is 25.2 Å². The summed E-state index contributed by atoms with van der Waals surface area (Å²) in [5.74, 6) is -1.03. The number of methoxy groups -OCH3 is 1. The molecule has 0 spiro atoms. The van der Waals surface area contributed by atoms with Gasteiger partial charge in [-0.15, -0.1) is 0 Å². The third kappa shape index (κ3) is 7.72. The van der Waals surface area contributed by atoms with Crippen LogP contribution >= 0.6 is 0 Å². The molecule has 1 saturated heterocycles. The summed E-state index contributed by atoms with van der Waals surface area (Å²) < 4.78 is 49.3. The summed E-state index contributed by atoms with van der Waals surface area (Å²) in [5.41, 5.74) is 2.36. The smallest absolute Gasteiger partial charge is 0.416 e. The lowest BCUT2D eigenvalue weighted by Crippen LogP contribution is -2.46. The molecule has 1 unspecified atom stereocenters. The molecule has 1 heterocycles. The number of halogens is 3. The summed E-state index contributed by atoms with van der Waals surface area (Å²) in [5, 5.41) is 0. The van der Waals surface area contributed by atoms with Crippen LogP contribution in [0.2, 0.25) is 0 Å². The van der Waals surface area contributed by atoms with Crippen molar-refractivity contribution < 1.29 is 32.2 Å². The fourth-order valence-corrected chi connectivity index (χ4v) is 4.51. The highest BCUT2D eigenvalue weighted by Gasteiger charge is 2.31. The summed E-state index contributed by atoms with van der Waals surface area (Å²) >= 11 is 0. The Bertz CT molecular complexity index is 1290. The summed E-state index contributed by atoms with van der Waals surface area (Å²) in [4.78, 5) is 30.1. The predicted molar refractivity (Wildman–Crippen MR) is 146 cm³/mol. The van der Waals surface area contributed by atoms with Gasteiger partial charge in [0, 0.05) is 37.8 Å². The van der Waals surface area contributed by atoms with Gasteiger partial charge in [0.15, 0.2) is 0 Å². The highest BCUT2D eigenvalue weighted by molar-refractivity contribution is 5.94. The Morgan fingerprint density at radius 1 is 0.950 bits per heavy atom. The molecule has 0 aliphatic carbocycles. The maximum absolute atomic E-state index is 13.5. The number of rotatable bonds is 9. The summed E-state index contributed by atoms with van der Waals surface area (Å²) in [6.07, 6.45) is -1.50. The predicted octanol–water partition coefficient (Wildman–Crippen LogP) is 5.37. The van der Waals surface area contributed by atoms with Gasteiger partial charge in [-0.25, -0.2) is 4.79 Å². The zero-order chi connectivity index (χ0) is 28.5. The Morgan fingerprint density at radius 3 is 2.20 bits per heavy atom. The van der Waals surface area contributed by atoms with Gasteiger partial charge >= 0.3 is 12.1 Å². The first kappa shape index (κ1) is 28.9. The molecule has 6 nitrogen and oxygen atoms in total. The number of hydrogen-bond acceptors (Lipinski definition) is 5. The van der Waals surface area contributed by atoms with Crippen molar-refractivity contribution >= 4 is 23.6 Å². The molecule has 0 saturated carbocycles. The first-order valence-electron chi connectivity index (χ1n) is 12.9. The second kappa shape index (κ2) is 13.3. The van der Waals surface area contributed by atoms with E-state index in [4.69, 9.17) is 9.47 Å². The molecule has 3 aromatic rings. The van der Waals surface area contributed by atoms with Crippen molar-refractivity contribution in [2.75, 3.05) is 38.3 Å². The van der Waals surface area contributed by atoms with Gasteiger partial charge in [0.1, 0.15) is 6.04 Å². The van der Waals surface area contributed by atoms with Gasteiger partial charge in [0.05, 0.1) is 25.9 Å². The van der Waals surface area contributed by atoms with Crippen LogP contribution in [0.4, 0.5) is 18.9 Å². The molecule has 1 atom stereocenters. The molecular formula is C31H31F3N2O4. The van der Waals surface area contributed by atoms with Crippen molar-refractivity contribution in [1.82, 2.24) is 4.90 Å². The van der Waals surface area contributed by atoms with Gasteiger partial charge < -0.3 is 19.3 Å². The van der Waals surface area contributed by atoms with Crippen molar-refractivity contribution in [2.24, 2.45) is 0 Å². The second-order valence-electron chi connectivity index (χ2n) is 9.41. The van der Waals surface area contributed by atoms with Crippen molar-refractivity contribution in [3.63, 3.8) is 0 Å². The highest BCUT2D eigenvalue weighted by atomic mass is 19.4. The number of nitrogens with zero attached hydrogens (tertiary/aromatic N) is 2. The van der Waals surface area contributed by atoms with E-state index in [0.717, 1.165) is 42.0 Å². The number of carbonyl (C=O) groups is 2. The monoisotopic (exact) mass is 552 g/mol. The van der Waals surface area contributed by atoms with Crippen molar-refractivity contribution in [1.29, 1.82) is 0 Å². The average molecular weight is 553 g/mol. The van der Waals surface area contributed by atoms with Gasteiger partial charge in [0.2, 0.25) is 5.91 Å². The van der Waals surface area contributed by atoms with Crippen LogP contribution in [-0.2, 0) is 38.2 Å². The lowest BCUT2D eigenvalue weighted by molar-refractivity contribution is -0.151. The minimum Gasteiger partial charge on any atom is -0.467 e. The Kier molecular flexibility index (Phi) is 9.60. The lowest BCUT2D eigenvalue weighted by Gasteiger charge is -2.30. The molecule has 0 aromatic heterocycles. The zero-order valence-corrected chi connectivity index (χ0v) is 22.1. The van der Waals surface area contributed by atoms with E-state index in [0.29, 0.717) is 18.8 Å². The van der Waals surface area contributed by atoms with E-state index in [2.05, 4.69) is 4.90 Å². The summed E-state index contributed by atoms with van der Waals surface area (Å²) in [7, 11) is 1.28. The molecule has 0 bridgehead atoms. The zero-order valence-electron chi connectivity index (χ0n) is 22.1. The average Bonchev–Trinajstić information content (AvgIpc) is 2.98. The number of carbonyl (C=O) groups excluding carboxylic acids is 2. The minimum absolute atomic E-state index is 0.131. The highest BCUT2D eigenvalue weighted by Crippen LogP contribution is 2.29. The maximum Gasteiger partial charge on any atom is 0.416 e. The van der Waals surface area contributed by atoms with E-state index in [-0.39, 0.29) is 13.0 Å². The Hall–Kier alpha value is -4.11. The van der Waals surface area contributed by atoms with Gasteiger partial charge in [0.25, 0.3) is 0 Å². The lowest BCUT2D eigenvalue weighted by atomic mass is 10.0. The standard InChI is InChI=1S/C31H31F3N2O4/c1-39-30(38)28(21-24-5-3-2-4-6-24)36(22-25-9-14-27(15-10-25)35-17-19-40-20-18-35)29(37)16-11-23-7-12-26(13-8-23)31(32,33)34/h2-16,28H,17-22H2,1H3. The molecule has 1 fully saturated rings. The van der Waals surface area contributed by atoms with Crippen LogP contribution in [-0.4, -0.2) is 56.2 Å². The largest absolute Gasteiger partial charge is 0.467 e. The first-order valence-corrected chi connectivity index (χ1v) is 12.9. The van der Waals surface area contributed by atoms with Crippen LogP contribution in [0.25, 0.3) is 6.08 Å². The molecular weight excluding hydrogens is 521 g/mol. The third-order valence-electron chi connectivity index (χ3n) is 6.73. The number of ether oxygens (including phenoxy) is 2. The van der Waals surface area contributed by atoms with E-state index in [9.17, 15) is 22.8 Å². The Balaban J connectivity index is 1.59. The molecule has 1 aliphatic rings.